The van der Waals surface area contributed by atoms with Gasteiger partial charge in [0.2, 0.25) is 5.91 Å². The molecule has 1 saturated carbocycles. The van der Waals surface area contributed by atoms with Crippen molar-refractivity contribution in [1.82, 2.24) is 25.6 Å². The van der Waals surface area contributed by atoms with Gasteiger partial charge in [0, 0.05) is 22.9 Å². The van der Waals surface area contributed by atoms with E-state index < -0.39 is 41.0 Å². The van der Waals surface area contributed by atoms with E-state index in [-0.39, 0.29) is 27.1 Å². The van der Waals surface area contributed by atoms with Crippen molar-refractivity contribution in [3.63, 3.8) is 0 Å². The number of nitrogens with one attached hydrogen (secondary N) is 3. The minimum Gasteiger partial charge on any atom is -0.354 e. The first-order valence-electron chi connectivity index (χ1n) is 10.7. The summed E-state index contributed by atoms with van der Waals surface area (Å²) in [5.41, 5.74) is -2.25. The Hall–Kier alpha value is -3.61. The first-order valence-corrected chi connectivity index (χ1v) is 11.5. The fraction of sp³-hybridized carbons (Fsp3) is 0.261. The van der Waals surface area contributed by atoms with Gasteiger partial charge in [-0.25, -0.2) is 14.4 Å². The van der Waals surface area contributed by atoms with Crippen molar-refractivity contribution in [2.45, 2.75) is 37.5 Å². The first kappa shape index (κ1) is 25.5. The molecule has 1 aliphatic rings. The van der Waals surface area contributed by atoms with Crippen LogP contribution >= 0.6 is 15.9 Å². The topological polar surface area (TPSA) is 109 Å². The molecule has 8 nitrogen and oxygen atoms in total. The van der Waals surface area contributed by atoms with E-state index in [0.29, 0.717) is 12.8 Å². The summed E-state index contributed by atoms with van der Waals surface area (Å²) >= 11 is 3.01. The molecule has 0 bridgehead atoms. The number of alkyl halides is 3. The Balaban J connectivity index is 1.44. The predicted molar refractivity (Wildman–Crippen MR) is 125 cm³/mol. The van der Waals surface area contributed by atoms with Gasteiger partial charge in [0.05, 0.1) is 40.4 Å². The quantitative estimate of drug-likeness (QED) is 0.358. The van der Waals surface area contributed by atoms with Crippen LogP contribution in [0, 0.1) is 5.82 Å². The molecule has 3 N–H and O–H groups in total. The van der Waals surface area contributed by atoms with E-state index in [1.807, 2.05) is 0 Å². The molecule has 1 aliphatic carbocycles. The third-order valence-electron chi connectivity index (χ3n) is 5.55. The molecule has 36 heavy (non-hydrogen) atoms. The van der Waals surface area contributed by atoms with Crippen molar-refractivity contribution in [2.75, 3.05) is 5.32 Å². The molecule has 3 aromatic rings. The van der Waals surface area contributed by atoms with Gasteiger partial charge in [-0.3, -0.25) is 14.6 Å². The highest BCUT2D eigenvalue weighted by molar-refractivity contribution is 9.10. The highest BCUT2D eigenvalue weighted by Crippen LogP contribution is 2.38. The van der Waals surface area contributed by atoms with Crippen LogP contribution in [-0.2, 0) is 11.0 Å². The molecule has 0 spiro atoms. The van der Waals surface area contributed by atoms with Crippen molar-refractivity contribution < 1.29 is 27.2 Å². The number of hydrogen-bond acceptors (Lipinski definition) is 6. The van der Waals surface area contributed by atoms with Gasteiger partial charge in [0.15, 0.2) is 0 Å². The summed E-state index contributed by atoms with van der Waals surface area (Å²) in [5, 5.41) is 7.84. The number of benzene rings is 1. The monoisotopic (exact) mass is 566 g/mol. The molecule has 0 radical (unpaired) electrons. The van der Waals surface area contributed by atoms with Crippen molar-refractivity contribution in [2.24, 2.45) is 0 Å². The zero-order valence-electron chi connectivity index (χ0n) is 18.7. The SMILES string of the molecule is C[C@H](NC(=O)C1(NC(=O)c2cncnc2)CC1)c1ncc(Nc2ccc(Br)cc2C(F)(F)F)cc1F. The highest BCUT2D eigenvalue weighted by atomic mass is 79.9. The molecule has 1 aromatic carbocycles. The third kappa shape index (κ3) is 5.61. The number of anilines is 2. The lowest BCUT2D eigenvalue weighted by atomic mass is 10.1. The number of nitrogens with zero attached hydrogens (tertiary/aromatic N) is 3. The molecule has 13 heteroatoms. The number of carbonyl (C=O) groups is 2. The Morgan fingerprint density at radius 2 is 1.81 bits per heavy atom. The first-order chi connectivity index (χ1) is 17.0. The molecule has 2 amide bonds. The minimum atomic E-state index is -4.63. The molecule has 0 unspecified atom stereocenters. The summed E-state index contributed by atoms with van der Waals surface area (Å²) in [6.45, 7) is 1.51. The average molecular weight is 567 g/mol. The number of carbonyl (C=O) groups excluding carboxylic acids is 2. The fourth-order valence-electron chi connectivity index (χ4n) is 3.49. The Bertz CT molecular complexity index is 1300. The largest absolute Gasteiger partial charge is 0.418 e. The van der Waals surface area contributed by atoms with E-state index in [1.165, 1.54) is 44.0 Å². The molecule has 0 saturated heterocycles. The average Bonchev–Trinajstić information content (AvgIpc) is 3.61. The van der Waals surface area contributed by atoms with E-state index in [4.69, 9.17) is 0 Å². The second-order valence-corrected chi connectivity index (χ2v) is 9.18. The summed E-state index contributed by atoms with van der Waals surface area (Å²) in [6, 6.07) is 3.67. The van der Waals surface area contributed by atoms with Gasteiger partial charge in [-0.1, -0.05) is 15.9 Å². The maximum absolute atomic E-state index is 14.8. The Kier molecular flexibility index (Phi) is 6.94. The number of pyridine rings is 1. The van der Waals surface area contributed by atoms with E-state index in [1.54, 1.807) is 0 Å². The molecule has 1 atom stereocenters. The normalized spacial score (nSPS) is 15.1. The summed E-state index contributed by atoms with van der Waals surface area (Å²) in [5.74, 6) is -1.84. The fourth-order valence-corrected chi connectivity index (χ4v) is 3.85. The lowest BCUT2D eigenvalue weighted by Gasteiger charge is -2.21. The number of hydrogen-bond donors (Lipinski definition) is 3. The van der Waals surface area contributed by atoms with Crippen LogP contribution in [0.2, 0.25) is 0 Å². The van der Waals surface area contributed by atoms with Gasteiger partial charge in [0.25, 0.3) is 5.91 Å². The van der Waals surface area contributed by atoms with E-state index >= 15 is 0 Å². The number of aromatic nitrogens is 3. The smallest absolute Gasteiger partial charge is 0.354 e. The Morgan fingerprint density at radius 3 is 2.42 bits per heavy atom. The van der Waals surface area contributed by atoms with Crippen molar-refractivity contribution in [3.8, 4) is 0 Å². The van der Waals surface area contributed by atoms with Gasteiger partial charge < -0.3 is 16.0 Å². The summed E-state index contributed by atoms with van der Waals surface area (Å²) in [7, 11) is 0. The summed E-state index contributed by atoms with van der Waals surface area (Å²) in [4.78, 5) is 36.7. The van der Waals surface area contributed by atoms with Gasteiger partial charge >= 0.3 is 6.18 Å². The van der Waals surface area contributed by atoms with Crippen LogP contribution < -0.4 is 16.0 Å². The summed E-state index contributed by atoms with van der Waals surface area (Å²) in [6.07, 6.45) is 1.26. The zero-order valence-corrected chi connectivity index (χ0v) is 20.2. The van der Waals surface area contributed by atoms with Gasteiger partial charge in [-0.2, -0.15) is 13.2 Å². The van der Waals surface area contributed by atoms with E-state index in [0.717, 1.165) is 12.1 Å². The second-order valence-electron chi connectivity index (χ2n) is 8.26. The van der Waals surface area contributed by atoms with Crippen LogP contribution in [0.5, 0.6) is 0 Å². The zero-order chi connectivity index (χ0) is 26.1. The highest BCUT2D eigenvalue weighted by Gasteiger charge is 2.51. The second kappa shape index (κ2) is 9.80. The summed E-state index contributed by atoms with van der Waals surface area (Å²) < 4.78 is 55.1. The van der Waals surface area contributed by atoms with Crippen LogP contribution in [0.3, 0.4) is 0 Å². The predicted octanol–water partition coefficient (Wildman–Crippen LogP) is 4.68. The maximum Gasteiger partial charge on any atom is 0.418 e. The molecule has 188 valence electrons. The van der Waals surface area contributed by atoms with Crippen LogP contribution in [-0.4, -0.2) is 32.3 Å². The van der Waals surface area contributed by atoms with Crippen LogP contribution in [0.4, 0.5) is 28.9 Å². The molecule has 2 heterocycles. The third-order valence-corrected chi connectivity index (χ3v) is 6.05. The van der Waals surface area contributed by atoms with Crippen LogP contribution in [0.1, 0.15) is 47.4 Å². The standard InChI is InChI=1S/C23H19BrF4N6O2/c1-12(32-21(36)22(4-5-22)34-20(35)13-8-29-11-30-9-13)19-17(25)7-15(10-31-19)33-18-3-2-14(24)6-16(18)23(26,27)28/h2-3,6-12,33H,4-5H2,1H3,(H,32,36)(H,34,35)/t12-/m0/s1. The molecular formula is C23H19BrF4N6O2. The van der Waals surface area contributed by atoms with Crippen LogP contribution in [0.15, 0.2) is 53.7 Å². The molecular weight excluding hydrogens is 548 g/mol. The molecule has 0 aliphatic heterocycles. The van der Waals surface area contributed by atoms with Gasteiger partial charge in [0.1, 0.15) is 17.7 Å². The Morgan fingerprint density at radius 1 is 1.11 bits per heavy atom. The van der Waals surface area contributed by atoms with E-state index in [2.05, 4.69) is 46.8 Å². The number of halogens is 5. The number of rotatable bonds is 7. The molecule has 1 fully saturated rings. The number of amides is 2. The van der Waals surface area contributed by atoms with Crippen LogP contribution in [0.25, 0.3) is 0 Å². The molecule has 4 rings (SSSR count). The Labute approximate surface area is 211 Å². The van der Waals surface area contributed by atoms with Gasteiger partial charge in [-0.15, -0.1) is 0 Å². The van der Waals surface area contributed by atoms with E-state index in [9.17, 15) is 27.2 Å². The molecule has 2 aromatic heterocycles. The lowest BCUT2D eigenvalue weighted by Crippen LogP contribution is -2.49. The van der Waals surface area contributed by atoms with Crippen molar-refractivity contribution in [3.05, 3.63) is 76.3 Å². The lowest BCUT2D eigenvalue weighted by molar-refractivity contribution is -0.137. The minimum absolute atomic E-state index is 0.00129. The maximum atomic E-state index is 14.8. The van der Waals surface area contributed by atoms with Crippen molar-refractivity contribution >= 4 is 39.1 Å². The van der Waals surface area contributed by atoms with Crippen molar-refractivity contribution in [1.29, 1.82) is 0 Å². The van der Waals surface area contributed by atoms with Gasteiger partial charge in [-0.05, 0) is 38.0 Å².